The summed E-state index contributed by atoms with van der Waals surface area (Å²) in [6.45, 7) is 4.75. The third-order valence-electron chi connectivity index (χ3n) is 4.45. The molecule has 2 N–H and O–H groups in total. The van der Waals surface area contributed by atoms with E-state index in [1.807, 2.05) is 47.4 Å². The van der Waals surface area contributed by atoms with E-state index in [1.54, 1.807) is 12.1 Å². The van der Waals surface area contributed by atoms with Gasteiger partial charge in [0.1, 0.15) is 5.75 Å². The highest BCUT2D eigenvalue weighted by molar-refractivity contribution is 6.35. The molecule has 3 rings (SSSR count). The zero-order valence-corrected chi connectivity index (χ0v) is 15.6. The molecule has 0 atom stereocenters. The Morgan fingerprint density at radius 3 is 2.59 bits per heavy atom. The van der Waals surface area contributed by atoms with Crippen LogP contribution in [0.5, 0.6) is 5.75 Å². The molecule has 0 spiro atoms. The topological polar surface area (TPSA) is 72.6 Å². The maximum Gasteiger partial charge on any atom is 0.258 e. The number of hydrogen-bond acceptors (Lipinski definition) is 3. The van der Waals surface area contributed by atoms with Gasteiger partial charge < -0.3 is 15.4 Å². The molecule has 1 heterocycles. The van der Waals surface area contributed by atoms with Crippen molar-refractivity contribution in [1.82, 2.24) is 0 Å². The first-order valence-corrected chi connectivity index (χ1v) is 9.10. The molecule has 1 aliphatic rings. The van der Waals surface area contributed by atoms with Gasteiger partial charge in [-0.2, -0.15) is 0 Å². The van der Waals surface area contributed by atoms with E-state index in [0.717, 1.165) is 23.2 Å². The second-order valence-corrected chi connectivity index (χ2v) is 7.04. The third kappa shape index (κ3) is 4.37. The van der Waals surface area contributed by atoms with Gasteiger partial charge in [0, 0.05) is 17.7 Å². The van der Waals surface area contributed by atoms with Gasteiger partial charge in [-0.05, 0) is 42.2 Å². The van der Waals surface area contributed by atoms with Crippen molar-refractivity contribution >= 4 is 29.2 Å². The minimum absolute atomic E-state index is 0.0124. The molecule has 0 aliphatic carbocycles. The molecule has 140 valence electrons. The monoisotopic (exact) mass is 364 g/mol. The first-order chi connectivity index (χ1) is 13.0. The predicted octanol–water partition coefficient (Wildman–Crippen LogP) is 3.48. The van der Waals surface area contributed by atoms with Crippen LogP contribution in [-0.2, 0) is 9.59 Å². The number of primary amides is 1. The first-order valence-electron chi connectivity index (χ1n) is 9.10. The molecule has 2 amide bonds. The van der Waals surface area contributed by atoms with E-state index < -0.39 is 5.91 Å². The Morgan fingerprint density at radius 2 is 1.93 bits per heavy atom. The average Bonchev–Trinajstić information content (AvgIpc) is 2.90. The van der Waals surface area contributed by atoms with Crippen LogP contribution in [0.1, 0.15) is 31.4 Å². The van der Waals surface area contributed by atoms with E-state index in [2.05, 4.69) is 13.8 Å². The Kier molecular flexibility index (Phi) is 5.60. The van der Waals surface area contributed by atoms with Gasteiger partial charge in [0.05, 0.1) is 5.69 Å². The van der Waals surface area contributed by atoms with Crippen LogP contribution in [0.3, 0.4) is 0 Å². The van der Waals surface area contributed by atoms with Gasteiger partial charge in [0.25, 0.3) is 11.8 Å². The summed E-state index contributed by atoms with van der Waals surface area (Å²) in [6.07, 6.45) is 2.82. The number of rotatable bonds is 7. The Hall–Kier alpha value is -3.08. The molecule has 0 bridgehead atoms. The van der Waals surface area contributed by atoms with Crippen molar-refractivity contribution in [2.24, 2.45) is 11.7 Å². The fraction of sp³-hybridized carbons (Fsp3) is 0.273. The molecule has 0 unspecified atom stereocenters. The number of nitrogens with two attached hydrogens (primary N) is 1. The van der Waals surface area contributed by atoms with Crippen molar-refractivity contribution in [3.8, 4) is 5.75 Å². The maximum atomic E-state index is 13.1. The fourth-order valence-corrected chi connectivity index (χ4v) is 3.05. The molecule has 5 heteroatoms. The van der Waals surface area contributed by atoms with Crippen LogP contribution in [0.4, 0.5) is 5.69 Å². The van der Waals surface area contributed by atoms with Gasteiger partial charge in [-0.15, -0.1) is 0 Å². The SMILES string of the molecule is CC(C)CCN1C(=O)/C(=C/c2ccccc2)c2cc(OCC(N)=O)ccc21. The molecule has 0 fully saturated rings. The zero-order chi connectivity index (χ0) is 19.4. The normalized spacial score (nSPS) is 14.7. The smallest absolute Gasteiger partial charge is 0.258 e. The molecule has 0 saturated heterocycles. The molecular weight excluding hydrogens is 340 g/mol. The molecule has 2 aromatic carbocycles. The zero-order valence-electron chi connectivity index (χ0n) is 15.6. The number of benzene rings is 2. The molecule has 0 radical (unpaired) electrons. The van der Waals surface area contributed by atoms with Gasteiger partial charge in [0.15, 0.2) is 6.61 Å². The highest BCUT2D eigenvalue weighted by Gasteiger charge is 2.32. The standard InChI is InChI=1S/C22H24N2O3/c1-15(2)10-11-24-20-9-8-17(27-14-21(23)25)13-18(20)19(22(24)26)12-16-6-4-3-5-7-16/h3-9,12-13,15H,10-11,14H2,1-2H3,(H2,23,25)/b19-12+. The van der Waals surface area contributed by atoms with Crippen LogP contribution in [0.15, 0.2) is 48.5 Å². The lowest BCUT2D eigenvalue weighted by Crippen LogP contribution is -2.28. The quantitative estimate of drug-likeness (QED) is 0.765. The highest BCUT2D eigenvalue weighted by Crippen LogP contribution is 2.40. The van der Waals surface area contributed by atoms with Crippen LogP contribution in [0, 0.1) is 5.92 Å². The largest absolute Gasteiger partial charge is 0.484 e. The lowest BCUT2D eigenvalue weighted by Gasteiger charge is -2.18. The lowest BCUT2D eigenvalue weighted by molar-refractivity contribution is -0.120. The number of amides is 2. The average molecular weight is 364 g/mol. The van der Waals surface area contributed by atoms with Gasteiger partial charge >= 0.3 is 0 Å². The number of hydrogen-bond donors (Lipinski definition) is 1. The number of fused-ring (bicyclic) bond motifs is 1. The first kappa shape index (κ1) is 18.7. The number of carbonyl (C=O) groups excluding carboxylic acids is 2. The van der Waals surface area contributed by atoms with Crippen molar-refractivity contribution in [2.45, 2.75) is 20.3 Å². The van der Waals surface area contributed by atoms with Gasteiger partial charge in [-0.1, -0.05) is 44.2 Å². The number of carbonyl (C=O) groups is 2. The number of ether oxygens (including phenoxy) is 1. The van der Waals surface area contributed by atoms with Crippen LogP contribution < -0.4 is 15.4 Å². The third-order valence-corrected chi connectivity index (χ3v) is 4.45. The minimum Gasteiger partial charge on any atom is -0.484 e. The van der Waals surface area contributed by atoms with E-state index in [4.69, 9.17) is 10.5 Å². The number of anilines is 1. The molecule has 5 nitrogen and oxygen atoms in total. The van der Waals surface area contributed by atoms with Crippen molar-refractivity contribution in [3.05, 3.63) is 59.7 Å². The van der Waals surface area contributed by atoms with E-state index >= 15 is 0 Å². The van der Waals surface area contributed by atoms with E-state index in [0.29, 0.717) is 23.8 Å². The van der Waals surface area contributed by atoms with Gasteiger partial charge in [-0.25, -0.2) is 0 Å². The summed E-state index contributed by atoms with van der Waals surface area (Å²) in [5.74, 6) is 0.471. The fourth-order valence-electron chi connectivity index (χ4n) is 3.05. The summed E-state index contributed by atoms with van der Waals surface area (Å²) < 4.78 is 5.43. The van der Waals surface area contributed by atoms with Gasteiger partial charge in [-0.3, -0.25) is 9.59 Å². The number of nitrogens with zero attached hydrogens (tertiary/aromatic N) is 1. The summed E-state index contributed by atoms with van der Waals surface area (Å²) >= 11 is 0. The lowest BCUT2D eigenvalue weighted by atomic mass is 10.0. The van der Waals surface area contributed by atoms with Crippen molar-refractivity contribution < 1.29 is 14.3 Å². The molecular formula is C22H24N2O3. The van der Waals surface area contributed by atoms with Gasteiger partial charge in [0.2, 0.25) is 0 Å². The van der Waals surface area contributed by atoms with E-state index in [9.17, 15) is 9.59 Å². The van der Waals surface area contributed by atoms with Crippen LogP contribution in [0.2, 0.25) is 0 Å². The second kappa shape index (κ2) is 8.08. The molecule has 0 aromatic heterocycles. The van der Waals surface area contributed by atoms with E-state index in [-0.39, 0.29) is 12.5 Å². The highest BCUT2D eigenvalue weighted by atomic mass is 16.5. The van der Waals surface area contributed by atoms with Crippen LogP contribution in [0.25, 0.3) is 11.6 Å². The van der Waals surface area contributed by atoms with Crippen molar-refractivity contribution in [3.63, 3.8) is 0 Å². The Labute approximate surface area is 159 Å². The Balaban J connectivity index is 1.99. The summed E-state index contributed by atoms with van der Waals surface area (Å²) in [4.78, 5) is 25.9. The Morgan fingerprint density at radius 1 is 1.19 bits per heavy atom. The van der Waals surface area contributed by atoms with Crippen molar-refractivity contribution in [1.29, 1.82) is 0 Å². The molecule has 0 saturated carbocycles. The molecule has 27 heavy (non-hydrogen) atoms. The summed E-state index contributed by atoms with van der Waals surface area (Å²) in [7, 11) is 0. The molecule has 1 aliphatic heterocycles. The summed E-state index contributed by atoms with van der Waals surface area (Å²) in [5.41, 5.74) is 8.43. The van der Waals surface area contributed by atoms with E-state index in [1.165, 1.54) is 0 Å². The molecule has 2 aromatic rings. The maximum absolute atomic E-state index is 13.1. The minimum atomic E-state index is -0.537. The Bertz CT molecular complexity index is 872. The van der Waals surface area contributed by atoms with Crippen molar-refractivity contribution in [2.75, 3.05) is 18.1 Å². The van der Waals surface area contributed by atoms with Crippen LogP contribution in [-0.4, -0.2) is 25.0 Å². The van der Waals surface area contributed by atoms with Crippen LogP contribution >= 0.6 is 0 Å². The predicted molar refractivity (Wildman–Crippen MR) is 107 cm³/mol. The summed E-state index contributed by atoms with van der Waals surface area (Å²) in [5, 5.41) is 0. The second-order valence-electron chi connectivity index (χ2n) is 7.04. The summed E-state index contributed by atoms with van der Waals surface area (Å²) in [6, 6.07) is 15.2.